The highest BCUT2D eigenvalue weighted by atomic mass is 16.3. The first kappa shape index (κ1) is 13.6. The Morgan fingerprint density at radius 2 is 2.41 bits per heavy atom. The lowest BCUT2D eigenvalue weighted by atomic mass is 10.1. The molecule has 0 saturated carbocycles. The van der Waals surface area contributed by atoms with Gasteiger partial charge in [-0.2, -0.15) is 0 Å². The van der Waals surface area contributed by atoms with Crippen molar-refractivity contribution in [1.82, 2.24) is 10.3 Å². The number of nitrogens with one attached hydrogen (secondary N) is 1. The lowest BCUT2D eigenvalue weighted by Gasteiger charge is -2.15. The summed E-state index contributed by atoms with van der Waals surface area (Å²) in [6, 6.07) is 3.36. The molecule has 1 amide bonds. The molecule has 0 aliphatic carbocycles. The van der Waals surface area contributed by atoms with Crippen LogP contribution in [0.3, 0.4) is 0 Å². The highest BCUT2D eigenvalue weighted by Gasteiger charge is 2.10. The molecule has 2 atom stereocenters. The molecule has 5 nitrogen and oxygen atoms in total. The molecule has 0 spiro atoms. The summed E-state index contributed by atoms with van der Waals surface area (Å²) in [5.74, 6) is -0.0649. The zero-order valence-corrected chi connectivity index (χ0v) is 9.97. The summed E-state index contributed by atoms with van der Waals surface area (Å²) < 4.78 is 0. The minimum atomic E-state index is -0.617. The van der Waals surface area contributed by atoms with Crippen molar-refractivity contribution in [2.75, 3.05) is 6.54 Å². The number of hydrogen-bond donors (Lipinski definition) is 3. The van der Waals surface area contributed by atoms with Gasteiger partial charge in [0, 0.05) is 31.4 Å². The average molecular weight is 237 g/mol. The monoisotopic (exact) mass is 237 g/mol. The second-order valence-electron chi connectivity index (χ2n) is 4.07. The fourth-order valence-corrected chi connectivity index (χ4v) is 1.29. The first-order valence-corrected chi connectivity index (χ1v) is 5.69. The van der Waals surface area contributed by atoms with Gasteiger partial charge in [-0.3, -0.25) is 9.78 Å². The Morgan fingerprint density at radius 1 is 1.65 bits per heavy atom. The van der Waals surface area contributed by atoms with E-state index < -0.39 is 12.1 Å². The van der Waals surface area contributed by atoms with Crippen molar-refractivity contribution in [3.8, 4) is 0 Å². The van der Waals surface area contributed by atoms with Crippen LogP contribution in [0.15, 0.2) is 24.5 Å². The zero-order valence-electron chi connectivity index (χ0n) is 9.97. The van der Waals surface area contributed by atoms with Crippen LogP contribution in [0.25, 0.3) is 0 Å². The lowest BCUT2D eigenvalue weighted by molar-refractivity contribution is -0.121. The van der Waals surface area contributed by atoms with E-state index in [9.17, 15) is 4.79 Å². The number of carbonyl (C=O) groups excluding carboxylic acids is 1. The van der Waals surface area contributed by atoms with Gasteiger partial charge in [0.25, 0.3) is 0 Å². The number of carbonyl (C=O) groups is 1. The summed E-state index contributed by atoms with van der Waals surface area (Å²) in [5.41, 5.74) is 6.63. The summed E-state index contributed by atoms with van der Waals surface area (Å²) in [5, 5.41) is 11.8. The van der Waals surface area contributed by atoms with Crippen LogP contribution in [0.1, 0.15) is 18.9 Å². The van der Waals surface area contributed by atoms with E-state index in [1.165, 1.54) is 0 Å². The maximum absolute atomic E-state index is 11.5. The molecule has 1 rings (SSSR count). The van der Waals surface area contributed by atoms with Crippen LogP contribution in [0.5, 0.6) is 0 Å². The van der Waals surface area contributed by atoms with Gasteiger partial charge >= 0.3 is 0 Å². The molecule has 94 valence electrons. The predicted octanol–water partition coefficient (Wildman–Crippen LogP) is -0.161. The van der Waals surface area contributed by atoms with E-state index in [2.05, 4.69) is 10.3 Å². The van der Waals surface area contributed by atoms with Crippen LogP contribution in [0.4, 0.5) is 0 Å². The minimum Gasteiger partial charge on any atom is -0.392 e. The molecular formula is C12H19N3O2. The largest absolute Gasteiger partial charge is 0.392 e. The number of amides is 1. The normalized spacial score (nSPS) is 14.1. The fourth-order valence-electron chi connectivity index (χ4n) is 1.29. The van der Waals surface area contributed by atoms with Crippen LogP contribution in [0, 0.1) is 0 Å². The van der Waals surface area contributed by atoms with Crippen molar-refractivity contribution >= 4 is 5.91 Å². The summed E-state index contributed by atoms with van der Waals surface area (Å²) in [7, 11) is 0. The van der Waals surface area contributed by atoms with Gasteiger partial charge in [-0.25, -0.2) is 0 Å². The Bertz CT molecular complexity index is 341. The second kappa shape index (κ2) is 6.98. The number of aryl methyl sites for hydroxylation is 1. The molecule has 1 heterocycles. The van der Waals surface area contributed by atoms with E-state index in [0.29, 0.717) is 19.4 Å². The first-order chi connectivity index (χ1) is 8.09. The highest BCUT2D eigenvalue weighted by molar-refractivity contribution is 5.76. The molecule has 1 aromatic rings. The third kappa shape index (κ3) is 5.42. The molecule has 5 heteroatoms. The van der Waals surface area contributed by atoms with Crippen LogP contribution in [-0.2, 0) is 11.2 Å². The number of aromatic nitrogens is 1. The van der Waals surface area contributed by atoms with Crippen molar-refractivity contribution in [1.29, 1.82) is 0 Å². The van der Waals surface area contributed by atoms with E-state index in [1.54, 1.807) is 19.3 Å². The van der Waals surface area contributed by atoms with Gasteiger partial charge in [-0.1, -0.05) is 6.07 Å². The number of aliphatic hydroxyl groups is 1. The van der Waals surface area contributed by atoms with Crippen molar-refractivity contribution in [3.63, 3.8) is 0 Å². The van der Waals surface area contributed by atoms with Crippen LogP contribution in [0.2, 0.25) is 0 Å². The number of hydrogen-bond acceptors (Lipinski definition) is 4. The summed E-state index contributed by atoms with van der Waals surface area (Å²) >= 11 is 0. The molecule has 0 radical (unpaired) electrons. The Labute approximate surface area is 101 Å². The molecule has 17 heavy (non-hydrogen) atoms. The maximum Gasteiger partial charge on any atom is 0.220 e. The van der Waals surface area contributed by atoms with Gasteiger partial charge in [0.05, 0.1) is 6.10 Å². The van der Waals surface area contributed by atoms with Crippen molar-refractivity contribution in [2.24, 2.45) is 5.73 Å². The number of nitrogens with zero attached hydrogens (tertiary/aromatic N) is 1. The lowest BCUT2D eigenvalue weighted by Crippen LogP contribution is -2.43. The smallest absolute Gasteiger partial charge is 0.220 e. The average Bonchev–Trinajstić information content (AvgIpc) is 2.34. The van der Waals surface area contributed by atoms with E-state index in [-0.39, 0.29) is 5.91 Å². The molecule has 2 unspecified atom stereocenters. The minimum absolute atomic E-state index is 0.0649. The van der Waals surface area contributed by atoms with Crippen LogP contribution >= 0.6 is 0 Å². The molecule has 4 N–H and O–H groups in total. The molecule has 0 fully saturated rings. The topological polar surface area (TPSA) is 88.2 Å². The van der Waals surface area contributed by atoms with Gasteiger partial charge in [0.2, 0.25) is 5.91 Å². The zero-order chi connectivity index (χ0) is 12.7. The SMILES string of the molecule is CC(O)C(N)CNC(=O)CCc1cccnc1. The standard InChI is InChI=1S/C12H19N3O2/c1-9(16)11(13)8-15-12(17)5-4-10-3-2-6-14-7-10/h2-3,6-7,9,11,16H,4-5,8,13H2,1H3,(H,15,17). The van der Waals surface area contributed by atoms with Crippen LogP contribution in [-0.4, -0.2) is 34.7 Å². The molecule has 0 aliphatic heterocycles. The van der Waals surface area contributed by atoms with Crippen LogP contribution < -0.4 is 11.1 Å². The number of nitrogens with two attached hydrogens (primary N) is 1. The van der Waals surface area contributed by atoms with Crippen molar-refractivity contribution < 1.29 is 9.90 Å². The molecule has 0 aliphatic rings. The molecule has 1 aromatic heterocycles. The number of rotatable bonds is 6. The van der Waals surface area contributed by atoms with E-state index in [4.69, 9.17) is 10.8 Å². The summed E-state index contributed by atoms with van der Waals surface area (Å²) in [6.45, 7) is 1.90. The maximum atomic E-state index is 11.5. The quantitative estimate of drug-likeness (QED) is 0.641. The van der Waals surface area contributed by atoms with Gasteiger partial charge in [0.15, 0.2) is 0 Å². The van der Waals surface area contributed by atoms with Gasteiger partial charge in [0.1, 0.15) is 0 Å². The summed E-state index contributed by atoms with van der Waals surface area (Å²) in [6.07, 6.45) is 3.88. The fraction of sp³-hybridized carbons (Fsp3) is 0.500. The molecule has 0 saturated heterocycles. The first-order valence-electron chi connectivity index (χ1n) is 5.69. The second-order valence-corrected chi connectivity index (χ2v) is 4.07. The summed E-state index contributed by atoms with van der Waals surface area (Å²) in [4.78, 5) is 15.4. The van der Waals surface area contributed by atoms with Crippen molar-refractivity contribution in [3.05, 3.63) is 30.1 Å². The third-order valence-electron chi connectivity index (χ3n) is 2.52. The van der Waals surface area contributed by atoms with Gasteiger partial charge < -0.3 is 16.2 Å². The Balaban J connectivity index is 2.22. The van der Waals surface area contributed by atoms with E-state index in [0.717, 1.165) is 5.56 Å². The van der Waals surface area contributed by atoms with Crippen molar-refractivity contribution in [2.45, 2.75) is 31.9 Å². The number of pyridine rings is 1. The predicted molar refractivity (Wildman–Crippen MR) is 65.2 cm³/mol. The Hall–Kier alpha value is -1.46. The van der Waals surface area contributed by atoms with E-state index >= 15 is 0 Å². The number of aliphatic hydroxyl groups excluding tert-OH is 1. The van der Waals surface area contributed by atoms with E-state index in [1.807, 2.05) is 12.1 Å². The Morgan fingerprint density at radius 3 is 3.00 bits per heavy atom. The highest BCUT2D eigenvalue weighted by Crippen LogP contribution is 2.00. The third-order valence-corrected chi connectivity index (χ3v) is 2.52. The Kier molecular flexibility index (Phi) is 5.59. The molecule has 0 aromatic carbocycles. The molecular weight excluding hydrogens is 218 g/mol. The van der Waals surface area contributed by atoms with Gasteiger partial charge in [-0.05, 0) is 25.0 Å². The van der Waals surface area contributed by atoms with Gasteiger partial charge in [-0.15, -0.1) is 0 Å². The molecule has 0 bridgehead atoms.